The van der Waals surface area contributed by atoms with Gasteiger partial charge in [-0.2, -0.15) is 0 Å². The van der Waals surface area contributed by atoms with Crippen molar-refractivity contribution in [1.29, 1.82) is 0 Å². The third-order valence-electron chi connectivity index (χ3n) is 27.0. The predicted octanol–water partition coefficient (Wildman–Crippen LogP) is 21.3. The van der Waals surface area contributed by atoms with Gasteiger partial charge < -0.3 is 58.8 Å². The van der Waals surface area contributed by atoms with Crippen molar-refractivity contribution >= 4 is 130 Å². The minimum atomic E-state index is -3.78. The summed E-state index contributed by atoms with van der Waals surface area (Å²) >= 11 is -1.67. The maximum atomic E-state index is 14.9. The third kappa shape index (κ3) is 33.5. The molecule has 5 saturated carbocycles. The SMILES string of the molecule is CCC(C)Oc1ccc(NC(=O)C(C)Oc2ccc(C(C)(C)C)cc2)cc1NC(=O)C(C(=O)C(C)(C)C)N1C(=O)CN(Cc2ccccc2)C1=O.CCCCCCCCCCCCCCCCS(=O)(=O)Nc1ccc(OC2CCCCC2)c(NC(=O)C(C(=O)C23CC4CC(CC(C4)C2)C3)N2C(=O)OC(C)(C)C2=O)c1.Cc1ccc(OC(C)C)c(NC(=O)C(Oc2ccc(OS(C)=O)cc2NS(C)(=O)=O)C(=O)C(C)(C)C)c1. The van der Waals surface area contributed by atoms with Crippen LogP contribution in [0.15, 0.2) is 127 Å². The summed E-state index contributed by atoms with van der Waals surface area (Å²) in [5.41, 5.74) is -0.450. The van der Waals surface area contributed by atoms with E-state index in [1.54, 1.807) is 84.9 Å². The number of hydrogen-bond donors (Lipinski definition) is 6. The van der Waals surface area contributed by atoms with Gasteiger partial charge in [0.2, 0.25) is 37.2 Å². The van der Waals surface area contributed by atoms with E-state index in [1.165, 1.54) is 120 Å². The molecule has 7 fully saturated rings. The van der Waals surface area contributed by atoms with Crippen LogP contribution in [0.25, 0.3) is 0 Å². The molecule has 2 aliphatic heterocycles. The molecule has 2 saturated heterocycles. The van der Waals surface area contributed by atoms with Crippen LogP contribution < -0.4 is 58.6 Å². The van der Waals surface area contributed by atoms with E-state index in [0.717, 1.165) is 103 Å². The number of benzene rings is 6. The molecule has 6 N–H and O–H groups in total. The Morgan fingerprint density at radius 2 is 1.03 bits per heavy atom. The summed E-state index contributed by atoms with van der Waals surface area (Å²) in [6.45, 7) is 32.1. The van der Waals surface area contributed by atoms with Crippen molar-refractivity contribution < 1.29 is 106 Å². The summed E-state index contributed by atoms with van der Waals surface area (Å²) in [5.74, 6) is -3.14. The zero-order chi connectivity index (χ0) is 107. The van der Waals surface area contributed by atoms with E-state index >= 15 is 0 Å². The van der Waals surface area contributed by atoms with Gasteiger partial charge in [0.05, 0.1) is 58.8 Å². The topological polar surface area (TPSA) is 420 Å². The molecule has 2 heterocycles. The van der Waals surface area contributed by atoms with E-state index in [0.29, 0.717) is 78.5 Å². The average Bonchev–Trinajstić information content (AvgIpc) is 1.25. The fourth-order valence-corrected chi connectivity index (χ4v) is 21.6. The fraction of sp³-hybridized carbons (Fsp3) is 0.577. The van der Waals surface area contributed by atoms with Gasteiger partial charge in [-0.05, 0) is 238 Å². The Kier molecular flexibility index (Phi) is 41.0. The highest BCUT2D eigenvalue weighted by molar-refractivity contribution is 7.92. The summed E-state index contributed by atoms with van der Waals surface area (Å²) in [5, 5.41) is 11.1. The van der Waals surface area contributed by atoms with Crippen LogP contribution in [0.2, 0.25) is 0 Å². The van der Waals surface area contributed by atoms with E-state index < -0.39 is 142 Å². The number of carbonyl (C=O) groups is 11. The number of hydrogen-bond acceptors (Lipinski definition) is 23. The number of nitrogens with one attached hydrogen (secondary N) is 6. The predicted molar refractivity (Wildman–Crippen MR) is 568 cm³/mol. The van der Waals surface area contributed by atoms with Crippen LogP contribution in [-0.4, -0.2) is 174 Å². The molecule has 800 valence electrons. The lowest BCUT2D eigenvalue weighted by Gasteiger charge is -2.56. The number of nitrogens with zero attached hydrogens (tertiary/aromatic N) is 3. The molecule has 6 aromatic rings. The number of rotatable bonds is 48. The molecule has 13 rings (SSSR count). The van der Waals surface area contributed by atoms with Gasteiger partial charge in [0, 0.05) is 40.8 Å². The first kappa shape index (κ1) is 116. The van der Waals surface area contributed by atoms with E-state index in [2.05, 4.69) is 58.4 Å². The Morgan fingerprint density at radius 1 is 0.527 bits per heavy atom. The smallest absolute Gasteiger partial charge is 0.418 e. The van der Waals surface area contributed by atoms with E-state index in [9.17, 15) is 73.8 Å². The molecule has 32 nitrogen and oxygen atoms in total. The highest BCUT2D eigenvalue weighted by Crippen LogP contribution is 2.61. The van der Waals surface area contributed by atoms with Crippen LogP contribution in [0.5, 0.6) is 34.5 Å². The molecule has 0 radical (unpaired) electrons. The van der Waals surface area contributed by atoms with Gasteiger partial charge in [0.15, 0.2) is 41.1 Å². The maximum Gasteiger partial charge on any atom is 0.418 e. The number of ketones is 3. The molecule has 0 spiro atoms. The number of unbranched alkanes of at least 4 members (excludes halogenated alkanes) is 13. The summed E-state index contributed by atoms with van der Waals surface area (Å²) in [6, 6.07) is 31.2. The van der Waals surface area contributed by atoms with Crippen molar-refractivity contribution in [2.24, 2.45) is 34.0 Å². The Hall–Kier alpha value is -11.5. The standard InChI is InChI=1S/C46H71N3O8S.C40H50N4O7.C25H34N2O8S2/c1-4-5-6-7-8-9-10-11-12-13-14-15-16-20-25-58(54,55)48-36-23-24-39(56-37-21-18-17-19-22-37)38(29-36)47-42(51)40(49-43(52)45(2,3)57-44(49)53)41(50)46-30-33-26-34(31-46)28-35(27-33)32-46;1-10-25(2)50-32-21-18-29(41-36(47)26(3)51-30-19-16-28(17-20-30)39(4,5)6)22-31(32)42-37(48)34(35(46)40(7,8)9)44-33(45)24-43(38(44)49)23-27-14-12-11-13-15-27;1-15(2)33-20-11-9-16(3)13-18(20)26-24(29)22(23(28)25(4,5)6)34-21-12-10-17(35-36(7)30)14-19(21)27-37(8,31)32/h23-24,29,33-35,37,40,48H,4-22,25-28,30-32H2,1-3H3,(H,47,51);11-22,25-26,34H,10,23-24H2,1-9H3,(H,41,47)(H,42,48);9-15,22,27H,1-8H3,(H,26,29). The number of urea groups is 1. The maximum absolute atomic E-state index is 14.9. The van der Waals surface area contributed by atoms with Crippen LogP contribution in [0, 0.1) is 40.9 Å². The minimum Gasteiger partial charge on any atom is -0.489 e. The number of Topliss-reactive ketones (excluding diaryl/α,β-unsaturated/α-hetero) is 3. The third-order valence-corrected chi connectivity index (χ3v) is 29.4. The lowest BCUT2D eigenvalue weighted by Crippen LogP contribution is -2.60. The van der Waals surface area contributed by atoms with Gasteiger partial charge in [0.1, 0.15) is 41.0 Å². The van der Waals surface area contributed by atoms with Crippen LogP contribution in [0.4, 0.5) is 43.7 Å². The number of imide groups is 2. The van der Waals surface area contributed by atoms with Crippen molar-refractivity contribution in [3.05, 3.63) is 144 Å². The highest BCUT2D eigenvalue weighted by atomic mass is 32.2. The Labute approximate surface area is 865 Å². The number of amides is 9. The van der Waals surface area contributed by atoms with Gasteiger partial charge in [0.25, 0.3) is 35.4 Å². The van der Waals surface area contributed by atoms with E-state index in [1.807, 2.05) is 95.3 Å². The zero-order valence-corrected chi connectivity index (χ0v) is 91.3. The minimum absolute atomic E-state index is 0.0241. The first-order valence-corrected chi connectivity index (χ1v) is 56.7. The second-order valence-corrected chi connectivity index (χ2v) is 48.4. The summed E-state index contributed by atoms with van der Waals surface area (Å²) in [6.07, 6.45) is 25.4. The summed E-state index contributed by atoms with van der Waals surface area (Å²) in [4.78, 5) is 154. The van der Waals surface area contributed by atoms with E-state index in [-0.39, 0.29) is 82.6 Å². The van der Waals surface area contributed by atoms with Gasteiger partial charge >= 0.3 is 12.1 Å². The van der Waals surface area contributed by atoms with Crippen LogP contribution in [0.1, 0.15) is 301 Å². The van der Waals surface area contributed by atoms with Crippen molar-refractivity contribution in [2.45, 2.75) is 352 Å². The Bertz CT molecular complexity index is 5810. The molecule has 35 heteroatoms. The normalized spacial score (nSPS) is 19.0. The Morgan fingerprint density at radius 3 is 1.58 bits per heavy atom. The lowest BCUT2D eigenvalue weighted by molar-refractivity contribution is -0.155. The van der Waals surface area contributed by atoms with E-state index in [4.69, 9.17) is 32.6 Å². The average molecular weight is 2080 g/mol. The number of anilines is 6. The first-order chi connectivity index (χ1) is 68.6. The van der Waals surface area contributed by atoms with Gasteiger partial charge in [-0.3, -0.25) is 52.6 Å². The van der Waals surface area contributed by atoms with Gasteiger partial charge in [-0.15, -0.1) is 0 Å². The van der Waals surface area contributed by atoms with Gasteiger partial charge in [-0.25, -0.2) is 40.4 Å². The molecule has 5 aliphatic carbocycles. The molecular formula is C111H155N9O23S3. The Balaban J connectivity index is 0.000000230. The molecule has 6 aromatic carbocycles. The number of ether oxygens (including phenoxy) is 6. The van der Waals surface area contributed by atoms with Crippen LogP contribution >= 0.6 is 0 Å². The second-order valence-electron chi connectivity index (χ2n) is 43.9. The molecule has 0 aromatic heterocycles. The first-order valence-electron chi connectivity index (χ1n) is 51.7. The quantitative estimate of drug-likeness (QED) is 0.0117. The molecule has 7 aliphatic rings. The highest BCUT2D eigenvalue weighted by Gasteiger charge is 2.62. The molecule has 146 heavy (non-hydrogen) atoms. The summed E-state index contributed by atoms with van der Waals surface area (Å²) in [7, 11) is -7.49. The van der Waals surface area contributed by atoms with Crippen LogP contribution in [-0.2, 0) is 91.0 Å². The molecule has 6 unspecified atom stereocenters. The molecule has 4 bridgehead atoms. The van der Waals surface area contributed by atoms with Crippen molar-refractivity contribution in [2.75, 3.05) is 55.5 Å². The van der Waals surface area contributed by atoms with Crippen molar-refractivity contribution in [3.63, 3.8) is 0 Å². The number of sulfonamides is 2. The summed E-state index contributed by atoms with van der Waals surface area (Å²) < 4.78 is 108. The number of aryl methyl sites for hydroxylation is 1. The number of carbonyl (C=O) groups excluding carboxylic acids is 11. The number of cyclic esters (lactones) is 1. The second kappa shape index (κ2) is 51.4. The zero-order valence-electron chi connectivity index (χ0n) is 88.9. The van der Waals surface area contributed by atoms with Crippen molar-refractivity contribution in [1.82, 2.24) is 14.7 Å². The monoisotopic (exact) mass is 2080 g/mol. The van der Waals surface area contributed by atoms with Crippen molar-refractivity contribution in [3.8, 4) is 34.5 Å². The largest absolute Gasteiger partial charge is 0.489 e. The fourth-order valence-electron chi connectivity index (χ4n) is 19.5. The molecule has 6 atom stereocenters. The molecule has 9 amide bonds. The lowest BCUT2D eigenvalue weighted by atomic mass is 9.48. The van der Waals surface area contributed by atoms with Crippen LogP contribution in [0.3, 0.4) is 0 Å². The molecular weight excluding hydrogens is 1920 g/mol. The van der Waals surface area contributed by atoms with Gasteiger partial charge in [-0.1, -0.05) is 215 Å².